The van der Waals surface area contributed by atoms with Crippen LogP contribution in [0.4, 0.5) is 0 Å². The molecule has 0 amide bonds. The van der Waals surface area contributed by atoms with E-state index in [4.69, 9.17) is 9.22 Å². The van der Waals surface area contributed by atoms with Crippen molar-refractivity contribution in [3.8, 4) is 0 Å². The SMILES string of the molecule is CC(C)CCCCCC(S)C(=O)[O][Sn]([CH2]CC(=O)S)([O]C(=O)C(S)CCCCCC(C)C)[O]C(=O)C(S)CCCCCC(C)C. The molecule has 3 atom stereocenters. The standard InChI is InChI=1S/3C10H20O2S.C3H5OS.Sn/c3*1-8(2)6-4-3-5-7-9(13)10(11)12;1-2-3(4)5;/h3*8-9,13H,3-7H2,1-2H3,(H,11,12);1-2H2,(H,4,5);/q;;;;+3/p-3. The molecular formula is C33H62O7S4Sn. The molecule has 0 aliphatic carbocycles. The van der Waals surface area contributed by atoms with Crippen LogP contribution in [0.5, 0.6) is 0 Å². The van der Waals surface area contributed by atoms with E-state index in [-0.39, 0.29) is 10.9 Å². The summed E-state index contributed by atoms with van der Waals surface area (Å²) < 4.78 is 17.4. The predicted octanol–water partition coefficient (Wildman–Crippen LogP) is 9.12. The van der Waals surface area contributed by atoms with Crippen molar-refractivity contribution in [2.45, 2.75) is 164 Å². The van der Waals surface area contributed by atoms with Crippen LogP contribution in [0.3, 0.4) is 0 Å². The summed E-state index contributed by atoms with van der Waals surface area (Å²) in [4.78, 5) is 51.8. The molecule has 0 aliphatic rings. The Balaban J connectivity index is 5.75. The molecule has 0 saturated heterocycles. The number of carbonyl (C=O) groups is 4. The summed E-state index contributed by atoms with van der Waals surface area (Å²) in [5.41, 5.74) is 0. The van der Waals surface area contributed by atoms with Gasteiger partial charge in [-0.05, 0) is 0 Å². The molecule has 7 nitrogen and oxygen atoms in total. The fraction of sp³-hybridized carbons (Fsp3) is 0.879. The Morgan fingerprint density at radius 3 is 1.00 bits per heavy atom. The van der Waals surface area contributed by atoms with Gasteiger partial charge >= 0.3 is 304 Å². The fourth-order valence-electron chi connectivity index (χ4n) is 4.69. The molecule has 264 valence electrons. The van der Waals surface area contributed by atoms with Gasteiger partial charge in [0.2, 0.25) is 0 Å². The van der Waals surface area contributed by atoms with Gasteiger partial charge in [-0.15, -0.1) is 0 Å². The third-order valence-corrected chi connectivity index (χ3v) is 16.0. The van der Waals surface area contributed by atoms with Gasteiger partial charge in [-0.3, -0.25) is 0 Å². The Kier molecular flexibility index (Phi) is 26.3. The van der Waals surface area contributed by atoms with Gasteiger partial charge in [-0.1, -0.05) is 0 Å². The Hall–Kier alpha value is 0.279. The van der Waals surface area contributed by atoms with Crippen LogP contribution in [0, 0.1) is 17.8 Å². The summed E-state index contributed by atoms with van der Waals surface area (Å²) in [7, 11) is 0. The number of hydrogen-bond donors (Lipinski definition) is 4. The Labute approximate surface area is 301 Å². The molecule has 3 unspecified atom stereocenters. The zero-order chi connectivity index (χ0) is 34.4. The van der Waals surface area contributed by atoms with Crippen LogP contribution in [-0.2, 0) is 28.4 Å². The van der Waals surface area contributed by atoms with E-state index in [0.717, 1.165) is 77.0 Å². The maximum absolute atomic E-state index is 13.3. The summed E-state index contributed by atoms with van der Waals surface area (Å²) >= 11 is 11.9. The molecule has 45 heavy (non-hydrogen) atoms. The van der Waals surface area contributed by atoms with Gasteiger partial charge in [0, 0.05) is 0 Å². The van der Waals surface area contributed by atoms with Crippen LogP contribution in [0.2, 0.25) is 4.44 Å². The first-order valence-corrected chi connectivity index (χ1v) is 24.5. The van der Waals surface area contributed by atoms with Crippen molar-refractivity contribution in [1.82, 2.24) is 0 Å². The summed E-state index contributed by atoms with van der Waals surface area (Å²) in [6.45, 7) is 13.0. The second kappa shape index (κ2) is 26.2. The van der Waals surface area contributed by atoms with Crippen molar-refractivity contribution in [3.63, 3.8) is 0 Å². The molecule has 0 spiro atoms. The Morgan fingerprint density at radius 1 is 0.489 bits per heavy atom. The van der Waals surface area contributed by atoms with Gasteiger partial charge in [0.1, 0.15) is 0 Å². The maximum atomic E-state index is 13.3. The van der Waals surface area contributed by atoms with Crippen molar-refractivity contribution in [3.05, 3.63) is 0 Å². The van der Waals surface area contributed by atoms with Crippen molar-refractivity contribution in [2.24, 2.45) is 17.8 Å². The van der Waals surface area contributed by atoms with Crippen molar-refractivity contribution >= 4 is 93.2 Å². The van der Waals surface area contributed by atoms with E-state index in [0.29, 0.717) is 37.0 Å². The number of carbonyl (C=O) groups excluding carboxylic acids is 4. The number of hydrogen-bond acceptors (Lipinski definition) is 10. The molecule has 0 saturated carbocycles. The van der Waals surface area contributed by atoms with E-state index in [9.17, 15) is 19.2 Å². The quantitative estimate of drug-likeness (QED) is 0.0374. The normalized spacial score (nSPS) is 15.0. The third kappa shape index (κ3) is 24.1. The first-order valence-electron chi connectivity index (χ1n) is 17.0. The van der Waals surface area contributed by atoms with Gasteiger partial charge in [0.05, 0.1) is 0 Å². The number of thiol groups is 4. The van der Waals surface area contributed by atoms with Gasteiger partial charge in [-0.2, -0.15) is 0 Å². The van der Waals surface area contributed by atoms with Crippen LogP contribution >= 0.6 is 50.5 Å². The van der Waals surface area contributed by atoms with E-state index in [1.807, 2.05) is 0 Å². The van der Waals surface area contributed by atoms with Crippen LogP contribution in [0.25, 0.3) is 0 Å². The minimum atomic E-state index is -5.41. The predicted molar refractivity (Wildman–Crippen MR) is 200 cm³/mol. The summed E-state index contributed by atoms with van der Waals surface area (Å²) in [5, 5.41) is -2.86. The molecule has 0 fully saturated rings. The van der Waals surface area contributed by atoms with E-state index in [1.165, 1.54) is 0 Å². The average Bonchev–Trinajstić information content (AvgIpc) is 2.94. The fourth-order valence-corrected chi connectivity index (χ4v) is 13.6. The topological polar surface area (TPSA) is 96.0 Å². The average molecular weight is 818 g/mol. The zero-order valence-electron chi connectivity index (χ0n) is 28.6. The van der Waals surface area contributed by atoms with E-state index in [1.54, 1.807) is 0 Å². The van der Waals surface area contributed by atoms with Crippen LogP contribution in [-0.4, -0.2) is 58.4 Å². The summed E-state index contributed by atoms with van der Waals surface area (Å²) in [5.74, 6) is -0.290. The molecule has 0 aromatic rings. The van der Waals surface area contributed by atoms with Gasteiger partial charge in [0.15, 0.2) is 0 Å². The molecule has 0 aromatic heterocycles. The molecule has 12 heteroatoms. The molecule has 0 rings (SSSR count). The molecular weight excluding hydrogens is 755 g/mol. The first-order chi connectivity index (χ1) is 21.1. The third-order valence-electron chi connectivity index (χ3n) is 7.51. The van der Waals surface area contributed by atoms with Gasteiger partial charge in [0.25, 0.3) is 0 Å². The summed E-state index contributed by atoms with van der Waals surface area (Å²) in [6.07, 6.45) is 12.9. The Morgan fingerprint density at radius 2 is 0.756 bits per heavy atom. The van der Waals surface area contributed by atoms with Gasteiger partial charge in [-0.25, -0.2) is 0 Å². The van der Waals surface area contributed by atoms with Gasteiger partial charge < -0.3 is 0 Å². The van der Waals surface area contributed by atoms with Crippen molar-refractivity contribution < 1.29 is 28.4 Å². The van der Waals surface area contributed by atoms with Crippen LogP contribution in [0.15, 0.2) is 0 Å². The molecule has 0 bridgehead atoms. The molecule has 0 aromatic carbocycles. The number of rotatable bonds is 27. The zero-order valence-corrected chi connectivity index (χ0v) is 35.1. The van der Waals surface area contributed by atoms with Crippen LogP contribution in [0.1, 0.15) is 144 Å². The van der Waals surface area contributed by atoms with Crippen LogP contribution < -0.4 is 0 Å². The Bertz CT molecular complexity index is 764. The molecule has 0 heterocycles. The van der Waals surface area contributed by atoms with E-state index >= 15 is 0 Å². The van der Waals surface area contributed by atoms with E-state index < -0.39 is 58.4 Å². The molecule has 0 aliphatic heterocycles. The van der Waals surface area contributed by atoms with Crippen molar-refractivity contribution in [2.75, 3.05) is 0 Å². The molecule has 0 N–H and O–H groups in total. The first kappa shape index (κ1) is 45.3. The van der Waals surface area contributed by atoms with E-state index in [2.05, 4.69) is 92.1 Å². The molecule has 0 radical (unpaired) electrons. The second-order valence-electron chi connectivity index (χ2n) is 13.5. The monoisotopic (exact) mass is 818 g/mol. The number of unbranched alkanes of at least 4 members (excludes halogenated alkanes) is 6. The minimum absolute atomic E-state index is 0.182. The van der Waals surface area contributed by atoms with Crippen molar-refractivity contribution in [1.29, 1.82) is 0 Å². The second-order valence-corrected chi connectivity index (χ2v) is 22.9. The summed E-state index contributed by atoms with van der Waals surface area (Å²) in [6, 6.07) is 0.